The molecular weight excluding hydrogens is 265 g/mol. The minimum absolute atomic E-state index is 0.125. The van der Waals surface area contributed by atoms with Gasteiger partial charge in [-0.05, 0) is 24.3 Å². The van der Waals surface area contributed by atoms with E-state index in [2.05, 4.69) is 14.9 Å². The van der Waals surface area contributed by atoms with E-state index in [1.54, 1.807) is 0 Å². The Morgan fingerprint density at radius 1 is 1.21 bits per heavy atom. The number of hydrogen-bond acceptors (Lipinski definition) is 5. The van der Waals surface area contributed by atoms with Crippen LogP contribution >= 0.6 is 0 Å². The number of rotatable bonds is 4. The van der Waals surface area contributed by atoms with E-state index in [0.717, 1.165) is 12.1 Å². The Balaban J connectivity index is 2.13. The van der Waals surface area contributed by atoms with Gasteiger partial charge in [0.1, 0.15) is 5.75 Å². The Morgan fingerprint density at radius 3 is 2.47 bits per heavy atom. The molecule has 2 rings (SSSR count). The van der Waals surface area contributed by atoms with Gasteiger partial charge >= 0.3 is 6.36 Å². The summed E-state index contributed by atoms with van der Waals surface area (Å²) in [6, 6.07) is 5.08. The monoisotopic (exact) mass is 274 g/mol. The zero-order chi connectivity index (χ0) is 13.9. The molecule has 1 N–H and O–H groups in total. The van der Waals surface area contributed by atoms with E-state index in [-0.39, 0.29) is 30.5 Å². The van der Waals surface area contributed by atoms with E-state index in [0.29, 0.717) is 5.56 Å². The summed E-state index contributed by atoms with van der Waals surface area (Å²) in [5.41, 5.74) is 0.488. The van der Waals surface area contributed by atoms with Gasteiger partial charge in [-0.3, -0.25) is 0 Å². The van der Waals surface area contributed by atoms with Gasteiger partial charge < -0.3 is 14.4 Å². The predicted molar refractivity (Wildman–Crippen MR) is 57.2 cm³/mol. The van der Waals surface area contributed by atoms with Gasteiger partial charge in [-0.15, -0.1) is 13.2 Å². The number of ether oxygens (including phenoxy) is 1. The minimum atomic E-state index is -4.72. The summed E-state index contributed by atoms with van der Waals surface area (Å²) in [5.74, 6) is 0.172. The van der Waals surface area contributed by atoms with Gasteiger partial charge in [0.05, 0.1) is 13.0 Å². The van der Waals surface area contributed by atoms with Crippen molar-refractivity contribution in [3.8, 4) is 17.1 Å². The molecule has 0 aliphatic carbocycles. The normalized spacial score (nSPS) is 11.6. The zero-order valence-electron chi connectivity index (χ0n) is 9.52. The molecule has 8 heteroatoms. The Hall–Kier alpha value is -2.09. The molecule has 0 spiro atoms. The molecule has 0 radical (unpaired) electrons. The molecule has 0 unspecified atom stereocenters. The van der Waals surface area contributed by atoms with Crippen LogP contribution in [0.2, 0.25) is 0 Å². The molecule has 5 nitrogen and oxygen atoms in total. The molecule has 2 aromatic rings. The van der Waals surface area contributed by atoms with Crippen molar-refractivity contribution in [2.45, 2.75) is 12.8 Å². The van der Waals surface area contributed by atoms with Crippen molar-refractivity contribution in [1.29, 1.82) is 0 Å². The second-order valence-electron chi connectivity index (χ2n) is 3.56. The average Bonchev–Trinajstić information content (AvgIpc) is 2.77. The molecule has 0 saturated heterocycles. The molecule has 0 fully saturated rings. The van der Waals surface area contributed by atoms with Crippen LogP contribution in [-0.2, 0) is 6.42 Å². The third kappa shape index (κ3) is 3.68. The Morgan fingerprint density at radius 2 is 1.89 bits per heavy atom. The molecule has 0 amide bonds. The van der Waals surface area contributed by atoms with Gasteiger partial charge in [0, 0.05) is 5.56 Å². The number of nitrogens with zero attached hydrogens (tertiary/aromatic N) is 2. The smallest absolute Gasteiger partial charge is 0.406 e. The summed E-state index contributed by atoms with van der Waals surface area (Å²) in [6.07, 6.45) is -4.50. The molecule has 0 atom stereocenters. The summed E-state index contributed by atoms with van der Waals surface area (Å²) < 4.78 is 44.5. The molecule has 0 bridgehead atoms. The Bertz CT molecular complexity index is 537. The van der Waals surface area contributed by atoms with E-state index >= 15 is 0 Å². The molecule has 1 aromatic heterocycles. The Labute approximate surface area is 105 Å². The Kier molecular flexibility index (Phi) is 3.70. The first-order chi connectivity index (χ1) is 8.98. The second kappa shape index (κ2) is 5.27. The van der Waals surface area contributed by atoms with Crippen molar-refractivity contribution >= 4 is 0 Å². The van der Waals surface area contributed by atoms with Crippen molar-refractivity contribution < 1.29 is 27.5 Å². The van der Waals surface area contributed by atoms with E-state index < -0.39 is 6.36 Å². The highest BCUT2D eigenvalue weighted by molar-refractivity contribution is 5.55. The molecule has 1 heterocycles. The van der Waals surface area contributed by atoms with Crippen LogP contribution in [0.25, 0.3) is 11.4 Å². The van der Waals surface area contributed by atoms with Gasteiger partial charge in [0.15, 0.2) is 0 Å². The second-order valence-corrected chi connectivity index (χ2v) is 3.56. The number of aliphatic hydroxyl groups is 1. The van der Waals surface area contributed by atoms with Crippen LogP contribution in [-0.4, -0.2) is 28.2 Å². The molecule has 102 valence electrons. The van der Waals surface area contributed by atoms with Crippen LogP contribution < -0.4 is 4.74 Å². The fraction of sp³-hybridized carbons (Fsp3) is 0.273. The van der Waals surface area contributed by atoms with Crippen LogP contribution in [0.15, 0.2) is 28.8 Å². The summed E-state index contributed by atoms with van der Waals surface area (Å²) in [4.78, 5) is 3.97. The number of hydrogen-bond donors (Lipinski definition) is 1. The number of benzene rings is 1. The van der Waals surface area contributed by atoms with Gasteiger partial charge in [-0.1, -0.05) is 5.16 Å². The SMILES string of the molecule is OCCc1nc(-c2ccc(OC(F)(F)F)cc2)no1. The molecule has 19 heavy (non-hydrogen) atoms. The lowest BCUT2D eigenvalue weighted by atomic mass is 10.2. The number of aromatic nitrogens is 2. The summed E-state index contributed by atoms with van der Waals surface area (Å²) in [5, 5.41) is 12.3. The van der Waals surface area contributed by atoms with Crippen LogP contribution in [0.4, 0.5) is 13.2 Å². The average molecular weight is 274 g/mol. The summed E-state index contributed by atoms with van der Waals surface area (Å²) in [6.45, 7) is -0.125. The van der Waals surface area contributed by atoms with Crippen LogP contribution in [0.1, 0.15) is 5.89 Å². The van der Waals surface area contributed by atoms with E-state index in [1.807, 2.05) is 0 Å². The third-order valence-electron chi connectivity index (χ3n) is 2.14. The predicted octanol–water partition coefficient (Wildman–Crippen LogP) is 2.17. The highest BCUT2D eigenvalue weighted by atomic mass is 19.4. The molecule has 0 aliphatic heterocycles. The first-order valence-electron chi connectivity index (χ1n) is 5.27. The van der Waals surface area contributed by atoms with Gasteiger partial charge in [0.2, 0.25) is 11.7 Å². The van der Waals surface area contributed by atoms with Gasteiger partial charge in [-0.2, -0.15) is 4.98 Å². The van der Waals surface area contributed by atoms with Crippen LogP contribution in [0, 0.1) is 0 Å². The summed E-state index contributed by atoms with van der Waals surface area (Å²) >= 11 is 0. The molecule has 1 aromatic carbocycles. The van der Waals surface area contributed by atoms with Crippen molar-refractivity contribution in [1.82, 2.24) is 10.1 Å². The lowest BCUT2D eigenvalue weighted by Gasteiger charge is -2.08. The molecular formula is C11H9F3N2O3. The lowest BCUT2D eigenvalue weighted by Crippen LogP contribution is -2.16. The van der Waals surface area contributed by atoms with E-state index in [1.165, 1.54) is 12.1 Å². The number of alkyl halides is 3. The highest BCUT2D eigenvalue weighted by Crippen LogP contribution is 2.25. The van der Waals surface area contributed by atoms with Crippen molar-refractivity contribution in [2.24, 2.45) is 0 Å². The maximum absolute atomic E-state index is 12.0. The quantitative estimate of drug-likeness (QED) is 0.925. The maximum Gasteiger partial charge on any atom is 0.573 e. The van der Waals surface area contributed by atoms with Crippen molar-refractivity contribution in [3.05, 3.63) is 30.2 Å². The molecule has 0 saturated carbocycles. The van der Waals surface area contributed by atoms with Gasteiger partial charge in [0.25, 0.3) is 0 Å². The maximum atomic E-state index is 12.0. The topological polar surface area (TPSA) is 68.4 Å². The van der Waals surface area contributed by atoms with E-state index in [4.69, 9.17) is 9.63 Å². The zero-order valence-corrected chi connectivity index (χ0v) is 9.52. The third-order valence-corrected chi connectivity index (χ3v) is 2.14. The standard InChI is InChI=1S/C11H9F3N2O3/c12-11(13,14)18-8-3-1-7(2-4-8)10-15-9(5-6-17)19-16-10/h1-4,17H,5-6H2. The number of halogens is 3. The van der Waals surface area contributed by atoms with Crippen LogP contribution in [0.5, 0.6) is 5.75 Å². The van der Waals surface area contributed by atoms with Gasteiger partial charge in [-0.25, -0.2) is 0 Å². The lowest BCUT2D eigenvalue weighted by molar-refractivity contribution is -0.274. The molecule has 0 aliphatic rings. The summed E-state index contributed by atoms with van der Waals surface area (Å²) in [7, 11) is 0. The van der Waals surface area contributed by atoms with Crippen molar-refractivity contribution in [2.75, 3.05) is 6.61 Å². The highest BCUT2D eigenvalue weighted by Gasteiger charge is 2.31. The minimum Gasteiger partial charge on any atom is -0.406 e. The fourth-order valence-corrected chi connectivity index (χ4v) is 1.37. The fourth-order valence-electron chi connectivity index (χ4n) is 1.37. The largest absolute Gasteiger partial charge is 0.573 e. The van der Waals surface area contributed by atoms with Crippen molar-refractivity contribution in [3.63, 3.8) is 0 Å². The first-order valence-corrected chi connectivity index (χ1v) is 5.27. The van der Waals surface area contributed by atoms with E-state index in [9.17, 15) is 13.2 Å². The number of aliphatic hydroxyl groups excluding tert-OH is 1. The first kappa shape index (κ1) is 13.3. The van der Waals surface area contributed by atoms with Crippen LogP contribution in [0.3, 0.4) is 0 Å².